The average molecular weight is 333 g/mol. The van der Waals surface area contributed by atoms with Crippen LogP contribution in [0.4, 0.5) is 0 Å². The molecule has 0 bridgehead atoms. The predicted molar refractivity (Wildman–Crippen MR) is 99.7 cm³/mol. The van der Waals surface area contributed by atoms with Crippen LogP contribution in [0.3, 0.4) is 0 Å². The molecule has 3 aromatic rings. The van der Waals surface area contributed by atoms with E-state index in [0.29, 0.717) is 0 Å². The molecule has 128 valence electrons. The number of hydrogen-bond donors (Lipinski definition) is 0. The zero-order chi connectivity index (χ0) is 17.5. The van der Waals surface area contributed by atoms with Crippen LogP contribution in [0.25, 0.3) is 11.4 Å². The highest BCUT2D eigenvalue weighted by atomic mass is 16.5. The van der Waals surface area contributed by atoms with E-state index < -0.39 is 0 Å². The quantitative estimate of drug-likeness (QED) is 0.647. The van der Waals surface area contributed by atoms with Gasteiger partial charge < -0.3 is 4.74 Å². The molecule has 2 heterocycles. The van der Waals surface area contributed by atoms with E-state index >= 15 is 0 Å². The third-order valence-corrected chi connectivity index (χ3v) is 4.16. The maximum absolute atomic E-state index is 5.18. The summed E-state index contributed by atoms with van der Waals surface area (Å²) in [6.07, 6.45) is 9.66. The van der Waals surface area contributed by atoms with Crippen molar-refractivity contribution in [3.05, 3.63) is 71.8 Å². The number of ether oxygens (including phenoxy) is 1. The molecular weight excluding hydrogens is 310 g/mol. The highest BCUT2D eigenvalue weighted by Gasteiger charge is 2.04. The fourth-order valence-corrected chi connectivity index (χ4v) is 2.69. The van der Waals surface area contributed by atoms with Crippen LogP contribution < -0.4 is 4.74 Å². The predicted octanol–water partition coefficient (Wildman–Crippen LogP) is 4.28. The van der Waals surface area contributed by atoms with Gasteiger partial charge in [0.25, 0.3) is 0 Å². The summed E-state index contributed by atoms with van der Waals surface area (Å²) in [5.41, 5.74) is 4.48. The Morgan fingerprint density at radius 1 is 0.760 bits per heavy atom. The summed E-state index contributed by atoms with van der Waals surface area (Å²) in [4.78, 5) is 13.4. The second-order valence-corrected chi connectivity index (χ2v) is 6.05. The van der Waals surface area contributed by atoms with Crippen molar-refractivity contribution in [3.63, 3.8) is 0 Å². The first-order valence-corrected chi connectivity index (χ1v) is 8.67. The summed E-state index contributed by atoms with van der Waals surface area (Å²) in [5, 5.41) is 0. The molecule has 0 unspecified atom stereocenters. The molecule has 4 heteroatoms. The second kappa shape index (κ2) is 8.38. The molecule has 0 aliphatic heterocycles. The van der Waals surface area contributed by atoms with Crippen LogP contribution in [0.1, 0.15) is 30.2 Å². The van der Waals surface area contributed by atoms with E-state index in [1.54, 1.807) is 7.11 Å². The van der Waals surface area contributed by atoms with Crippen molar-refractivity contribution >= 4 is 0 Å². The zero-order valence-electron chi connectivity index (χ0n) is 14.8. The van der Waals surface area contributed by atoms with Crippen molar-refractivity contribution in [3.8, 4) is 17.1 Å². The van der Waals surface area contributed by atoms with E-state index in [1.807, 2.05) is 36.8 Å². The normalized spacial score (nSPS) is 10.6. The molecular formula is C21H23N3O. The van der Waals surface area contributed by atoms with Gasteiger partial charge in [0.15, 0.2) is 5.82 Å². The van der Waals surface area contributed by atoms with Gasteiger partial charge in [-0.1, -0.05) is 25.5 Å². The van der Waals surface area contributed by atoms with Crippen LogP contribution >= 0.6 is 0 Å². The van der Waals surface area contributed by atoms with Gasteiger partial charge in [0, 0.05) is 29.8 Å². The standard InChI is InChI=1S/C21H23N3O/c1-3-4-17-13-23-21(24-14-17)18-8-10-19(22-15-18)9-5-16-6-11-20(25-2)12-7-16/h6-8,10-15H,3-5,9H2,1-2H3. The van der Waals surface area contributed by atoms with Gasteiger partial charge in [0.1, 0.15) is 5.75 Å². The summed E-state index contributed by atoms with van der Waals surface area (Å²) in [7, 11) is 1.68. The molecule has 0 spiro atoms. The molecule has 0 saturated carbocycles. The maximum Gasteiger partial charge on any atom is 0.160 e. The lowest BCUT2D eigenvalue weighted by Crippen LogP contribution is -1.96. The topological polar surface area (TPSA) is 47.9 Å². The van der Waals surface area contributed by atoms with Gasteiger partial charge in [-0.3, -0.25) is 4.98 Å². The molecule has 0 atom stereocenters. The Morgan fingerprint density at radius 2 is 1.52 bits per heavy atom. The molecule has 0 amide bonds. The van der Waals surface area contributed by atoms with E-state index in [0.717, 1.165) is 48.5 Å². The summed E-state index contributed by atoms with van der Waals surface area (Å²) >= 11 is 0. The summed E-state index contributed by atoms with van der Waals surface area (Å²) in [6, 6.07) is 12.3. The Balaban J connectivity index is 1.61. The Morgan fingerprint density at radius 3 is 2.12 bits per heavy atom. The molecule has 25 heavy (non-hydrogen) atoms. The van der Waals surface area contributed by atoms with Crippen molar-refractivity contribution < 1.29 is 4.74 Å². The monoisotopic (exact) mass is 333 g/mol. The van der Waals surface area contributed by atoms with Crippen molar-refractivity contribution in [2.75, 3.05) is 7.11 Å². The molecule has 2 aromatic heterocycles. The van der Waals surface area contributed by atoms with Crippen molar-refractivity contribution in [2.45, 2.75) is 32.6 Å². The Kier molecular flexibility index (Phi) is 5.73. The summed E-state index contributed by atoms with van der Waals surface area (Å²) < 4.78 is 5.18. The number of aromatic nitrogens is 3. The Labute approximate surface area is 149 Å². The number of nitrogens with zero attached hydrogens (tertiary/aromatic N) is 3. The number of hydrogen-bond acceptors (Lipinski definition) is 4. The number of pyridine rings is 1. The molecule has 0 aliphatic rings. The lowest BCUT2D eigenvalue weighted by Gasteiger charge is -2.05. The van der Waals surface area contributed by atoms with Crippen molar-refractivity contribution in [1.29, 1.82) is 0 Å². The molecule has 0 aliphatic carbocycles. The third-order valence-electron chi connectivity index (χ3n) is 4.16. The van der Waals surface area contributed by atoms with Crippen LogP contribution in [0, 0.1) is 0 Å². The molecule has 3 rings (SSSR count). The van der Waals surface area contributed by atoms with Crippen LogP contribution in [0.15, 0.2) is 55.0 Å². The maximum atomic E-state index is 5.18. The number of benzene rings is 1. The molecule has 1 aromatic carbocycles. The van der Waals surface area contributed by atoms with Gasteiger partial charge >= 0.3 is 0 Å². The minimum absolute atomic E-state index is 0.731. The smallest absolute Gasteiger partial charge is 0.160 e. The van der Waals surface area contributed by atoms with Crippen molar-refractivity contribution in [2.24, 2.45) is 0 Å². The summed E-state index contributed by atoms with van der Waals surface area (Å²) in [5.74, 6) is 1.62. The molecule has 0 N–H and O–H groups in total. The van der Waals surface area contributed by atoms with E-state index in [9.17, 15) is 0 Å². The first kappa shape index (κ1) is 17.1. The van der Waals surface area contributed by atoms with Gasteiger partial charge in [-0.2, -0.15) is 0 Å². The molecule has 0 radical (unpaired) electrons. The lowest BCUT2D eigenvalue weighted by molar-refractivity contribution is 0.414. The van der Waals surface area contributed by atoms with Gasteiger partial charge in [0.2, 0.25) is 0 Å². The van der Waals surface area contributed by atoms with E-state index in [1.165, 1.54) is 11.1 Å². The zero-order valence-corrected chi connectivity index (χ0v) is 14.8. The van der Waals surface area contributed by atoms with E-state index in [4.69, 9.17) is 4.74 Å². The van der Waals surface area contributed by atoms with Crippen molar-refractivity contribution in [1.82, 2.24) is 15.0 Å². The fraction of sp³-hybridized carbons (Fsp3) is 0.286. The first-order chi connectivity index (χ1) is 12.3. The van der Waals surface area contributed by atoms with Gasteiger partial charge in [-0.25, -0.2) is 9.97 Å². The van der Waals surface area contributed by atoms with E-state index in [2.05, 4.69) is 40.1 Å². The number of aryl methyl sites for hydroxylation is 3. The second-order valence-electron chi connectivity index (χ2n) is 6.05. The highest BCUT2D eigenvalue weighted by Crippen LogP contribution is 2.16. The van der Waals surface area contributed by atoms with Gasteiger partial charge in [-0.15, -0.1) is 0 Å². The minimum Gasteiger partial charge on any atom is -0.497 e. The minimum atomic E-state index is 0.731. The van der Waals surface area contributed by atoms with E-state index in [-0.39, 0.29) is 0 Å². The third kappa shape index (κ3) is 4.63. The van der Waals surface area contributed by atoms with Crippen LogP contribution in [-0.4, -0.2) is 22.1 Å². The fourth-order valence-electron chi connectivity index (χ4n) is 2.69. The number of rotatable bonds is 7. The van der Waals surface area contributed by atoms with Gasteiger partial charge in [0.05, 0.1) is 7.11 Å². The van der Waals surface area contributed by atoms with Gasteiger partial charge in [-0.05, 0) is 54.7 Å². The first-order valence-electron chi connectivity index (χ1n) is 8.67. The average Bonchev–Trinajstić information content (AvgIpc) is 2.68. The summed E-state index contributed by atoms with van der Waals surface area (Å²) in [6.45, 7) is 2.16. The molecule has 4 nitrogen and oxygen atoms in total. The van der Waals surface area contributed by atoms with Crippen LogP contribution in [0.5, 0.6) is 5.75 Å². The molecule has 0 saturated heterocycles. The SMILES string of the molecule is CCCc1cnc(-c2ccc(CCc3ccc(OC)cc3)nc2)nc1. The Hall–Kier alpha value is -2.75. The molecule has 0 fully saturated rings. The van der Waals surface area contributed by atoms with Crippen LogP contribution in [-0.2, 0) is 19.3 Å². The number of methoxy groups -OCH3 is 1. The highest BCUT2D eigenvalue weighted by molar-refractivity contribution is 5.53. The lowest BCUT2D eigenvalue weighted by atomic mass is 10.1. The largest absolute Gasteiger partial charge is 0.497 e. The Bertz CT molecular complexity index is 781. The van der Waals surface area contributed by atoms with Crippen LogP contribution in [0.2, 0.25) is 0 Å².